The van der Waals surface area contributed by atoms with Gasteiger partial charge in [-0.1, -0.05) is 0 Å². The van der Waals surface area contributed by atoms with E-state index in [2.05, 4.69) is 10.3 Å². The number of anilines is 1. The number of nitrogens with one attached hydrogen (secondary N) is 1. The van der Waals surface area contributed by atoms with Crippen LogP contribution < -0.4 is 5.32 Å². The first kappa shape index (κ1) is 13.8. The predicted octanol–water partition coefficient (Wildman–Crippen LogP) is 3.68. The van der Waals surface area contributed by atoms with Crippen molar-refractivity contribution in [1.29, 1.82) is 0 Å². The van der Waals surface area contributed by atoms with Crippen LogP contribution in [0.5, 0.6) is 0 Å². The maximum atomic E-state index is 13.6. The topological polar surface area (TPSA) is 27.6 Å². The lowest BCUT2D eigenvalue weighted by atomic mass is 9.95. The summed E-state index contributed by atoms with van der Waals surface area (Å²) in [6.07, 6.45) is 5.50. The number of fused-ring (bicyclic) bond motifs is 1. The van der Waals surface area contributed by atoms with E-state index in [4.69, 9.17) is 0 Å². The summed E-state index contributed by atoms with van der Waals surface area (Å²) in [4.78, 5) is 6.32. The molecular weight excluding hydrogens is 272 g/mol. The molecule has 2 aliphatic heterocycles. The molecule has 2 atom stereocenters. The van der Waals surface area contributed by atoms with E-state index in [1.807, 2.05) is 17.9 Å². The Bertz CT molecular complexity index is 604. The zero-order valence-electron chi connectivity index (χ0n) is 11.8. The molecule has 0 amide bonds. The van der Waals surface area contributed by atoms with E-state index in [0.717, 1.165) is 11.4 Å². The van der Waals surface area contributed by atoms with Gasteiger partial charge in [-0.2, -0.15) is 0 Å². The Balaban J connectivity index is 1.79. The van der Waals surface area contributed by atoms with Gasteiger partial charge in [0.2, 0.25) is 0 Å². The van der Waals surface area contributed by atoms with Crippen LogP contribution in [0.4, 0.5) is 14.5 Å². The molecule has 2 unspecified atom stereocenters. The standard InChI is InChI=1S/C16H17F2N3/c1-2-21-10-13(18)7-11-9-19-16(8-15(11)21)20-14-5-3-12(17)4-6-14/h3-6,8-11,16,20H,2,7H2,1H3. The molecule has 0 saturated carbocycles. The van der Waals surface area contributed by atoms with Gasteiger partial charge < -0.3 is 10.2 Å². The number of allylic oxidation sites excluding steroid dienone is 2. The van der Waals surface area contributed by atoms with Gasteiger partial charge in [-0.15, -0.1) is 0 Å². The van der Waals surface area contributed by atoms with E-state index >= 15 is 0 Å². The SMILES string of the molecule is CCN1C=C(F)CC2C=NC(Nc3ccc(F)cc3)C=C21. The quantitative estimate of drug-likeness (QED) is 0.919. The third-order valence-corrected chi connectivity index (χ3v) is 3.68. The van der Waals surface area contributed by atoms with Crippen molar-refractivity contribution in [1.82, 2.24) is 4.90 Å². The zero-order chi connectivity index (χ0) is 14.8. The normalized spacial score (nSPS) is 24.2. The molecule has 0 aromatic heterocycles. The molecule has 5 heteroatoms. The molecule has 0 spiro atoms. The van der Waals surface area contributed by atoms with Crippen LogP contribution in [-0.4, -0.2) is 23.8 Å². The summed E-state index contributed by atoms with van der Waals surface area (Å²) < 4.78 is 26.5. The number of rotatable bonds is 3. The summed E-state index contributed by atoms with van der Waals surface area (Å²) in [7, 11) is 0. The second-order valence-electron chi connectivity index (χ2n) is 5.16. The van der Waals surface area contributed by atoms with Gasteiger partial charge in [0.15, 0.2) is 0 Å². The molecule has 2 heterocycles. The Morgan fingerprint density at radius 3 is 2.76 bits per heavy atom. The maximum absolute atomic E-state index is 13.6. The van der Waals surface area contributed by atoms with Gasteiger partial charge in [0.1, 0.15) is 17.8 Å². The van der Waals surface area contributed by atoms with E-state index in [9.17, 15) is 8.78 Å². The van der Waals surface area contributed by atoms with Crippen molar-refractivity contribution in [2.45, 2.75) is 19.5 Å². The number of aliphatic imine (C=N–C) groups is 1. The van der Waals surface area contributed by atoms with E-state index in [1.54, 1.807) is 24.5 Å². The molecule has 0 fully saturated rings. The highest BCUT2D eigenvalue weighted by atomic mass is 19.1. The van der Waals surface area contributed by atoms with Gasteiger partial charge in [0, 0.05) is 42.7 Å². The molecule has 21 heavy (non-hydrogen) atoms. The molecule has 0 aliphatic carbocycles. The van der Waals surface area contributed by atoms with Crippen molar-refractivity contribution in [2.75, 3.05) is 11.9 Å². The molecule has 0 bridgehead atoms. The Morgan fingerprint density at radius 1 is 1.29 bits per heavy atom. The van der Waals surface area contributed by atoms with Gasteiger partial charge in [0.25, 0.3) is 0 Å². The fourth-order valence-electron chi connectivity index (χ4n) is 2.64. The second-order valence-corrected chi connectivity index (χ2v) is 5.16. The summed E-state index contributed by atoms with van der Waals surface area (Å²) in [5.74, 6) is -0.382. The fourth-order valence-corrected chi connectivity index (χ4v) is 2.64. The predicted molar refractivity (Wildman–Crippen MR) is 80.1 cm³/mol. The van der Waals surface area contributed by atoms with E-state index in [-0.39, 0.29) is 23.7 Å². The largest absolute Gasteiger partial charge is 0.361 e. The highest BCUT2D eigenvalue weighted by Crippen LogP contribution is 2.31. The van der Waals surface area contributed by atoms with Gasteiger partial charge in [0.05, 0.1) is 0 Å². The number of hydrogen-bond donors (Lipinski definition) is 1. The number of nitrogens with zero attached hydrogens (tertiary/aromatic N) is 2. The Kier molecular flexibility index (Phi) is 3.73. The van der Waals surface area contributed by atoms with Gasteiger partial charge in [-0.05, 0) is 37.3 Å². The highest BCUT2D eigenvalue weighted by molar-refractivity contribution is 5.69. The van der Waals surface area contributed by atoms with Crippen LogP contribution in [0.2, 0.25) is 0 Å². The highest BCUT2D eigenvalue weighted by Gasteiger charge is 2.27. The summed E-state index contributed by atoms with van der Waals surface area (Å²) in [5, 5.41) is 3.21. The van der Waals surface area contributed by atoms with Crippen LogP contribution >= 0.6 is 0 Å². The third-order valence-electron chi connectivity index (χ3n) is 3.68. The second kappa shape index (κ2) is 5.68. The number of dihydropyridines is 1. The Labute approximate surface area is 122 Å². The van der Waals surface area contributed by atoms with Crippen LogP contribution in [0.15, 0.2) is 53.1 Å². The van der Waals surface area contributed by atoms with Crippen molar-refractivity contribution < 1.29 is 8.78 Å². The molecule has 0 radical (unpaired) electrons. The van der Waals surface area contributed by atoms with E-state index in [1.165, 1.54) is 12.1 Å². The van der Waals surface area contributed by atoms with Crippen LogP contribution in [-0.2, 0) is 0 Å². The van der Waals surface area contributed by atoms with Crippen molar-refractivity contribution in [3.8, 4) is 0 Å². The monoisotopic (exact) mass is 289 g/mol. The number of halogens is 2. The average Bonchev–Trinajstić information content (AvgIpc) is 2.49. The van der Waals surface area contributed by atoms with Gasteiger partial charge >= 0.3 is 0 Å². The Morgan fingerprint density at radius 2 is 2.05 bits per heavy atom. The van der Waals surface area contributed by atoms with E-state index < -0.39 is 0 Å². The Hall–Kier alpha value is -2.17. The molecule has 2 aliphatic rings. The summed E-state index contributed by atoms with van der Waals surface area (Å²) in [6, 6.07) is 6.16. The van der Waals surface area contributed by atoms with Gasteiger partial charge in [-0.3, -0.25) is 4.99 Å². The average molecular weight is 289 g/mol. The van der Waals surface area contributed by atoms with Crippen molar-refractivity contribution in [3.63, 3.8) is 0 Å². The number of benzene rings is 1. The fraction of sp³-hybridized carbons (Fsp3) is 0.312. The van der Waals surface area contributed by atoms with E-state index in [0.29, 0.717) is 13.0 Å². The van der Waals surface area contributed by atoms with Crippen LogP contribution in [0.1, 0.15) is 13.3 Å². The number of hydrogen-bond acceptors (Lipinski definition) is 3. The summed E-state index contributed by atoms with van der Waals surface area (Å²) >= 11 is 0. The maximum Gasteiger partial charge on any atom is 0.139 e. The third kappa shape index (κ3) is 2.96. The van der Waals surface area contributed by atoms with Crippen LogP contribution in [0.3, 0.4) is 0 Å². The van der Waals surface area contributed by atoms with Gasteiger partial charge in [-0.25, -0.2) is 8.78 Å². The summed E-state index contributed by atoms with van der Waals surface area (Å²) in [6.45, 7) is 2.70. The van der Waals surface area contributed by atoms with Crippen LogP contribution in [0.25, 0.3) is 0 Å². The molecular formula is C16H17F2N3. The molecule has 1 N–H and O–H groups in total. The smallest absolute Gasteiger partial charge is 0.139 e. The first-order valence-electron chi connectivity index (χ1n) is 7.05. The summed E-state index contributed by atoms with van der Waals surface area (Å²) in [5.41, 5.74) is 1.86. The first-order chi connectivity index (χ1) is 10.2. The molecule has 1 aromatic rings. The molecule has 110 valence electrons. The van der Waals surface area contributed by atoms with Crippen molar-refractivity contribution in [2.24, 2.45) is 10.9 Å². The lowest BCUT2D eigenvalue weighted by Gasteiger charge is -2.34. The first-order valence-corrected chi connectivity index (χ1v) is 7.05. The van der Waals surface area contributed by atoms with Crippen molar-refractivity contribution in [3.05, 3.63) is 53.9 Å². The minimum absolute atomic E-state index is 0.00113. The zero-order valence-corrected chi connectivity index (χ0v) is 11.8. The molecule has 0 saturated heterocycles. The van der Waals surface area contributed by atoms with Crippen LogP contribution in [0, 0.1) is 11.7 Å². The molecule has 1 aromatic carbocycles. The molecule has 3 rings (SSSR count). The minimum Gasteiger partial charge on any atom is -0.361 e. The van der Waals surface area contributed by atoms with Crippen molar-refractivity contribution >= 4 is 11.9 Å². The lowest BCUT2D eigenvalue weighted by Crippen LogP contribution is -2.33. The minimum atomic E-state index is -0.267. The molecule has 3 nitrogen and oxygen atoms in total. The lowest BCUT2D eigenvalue weighted by molar-refractivity contribution is 0.375.